The number of hydrogen-bond donors (Lipinski definition) is 3. The molecular weight excluding hydrogens is 218 g/mol. The quantitative estimate of drug-likeness (QED) is 0.485. The Morgan fingerprint density at radius 2 is 2.40 bits per heavy atom. The van der Waals surface area contributed by atoms with Crippen LogP contribution in [0.5, 0.6) is 0 Å². The number of nitrogens with two attached hydrogens (primary N) is 1. The number of hydrogen-bond acceptors (Lipinski definition) is 3. The van der Waals surface area contributed by atoms with E-state index in [0.29, 0.717) is 5.02 Å². The van der Waals surface area contributed by atoms with Gasteiger partial charge in [0.25, 0.3) is 0 Å². The Kier molecular flexibility index (Phi) is 3.87. The monoisotopic (exact) mass is 227 g/mol. The number of urea groups is 1. The lowest BCUT2D eigenvalue weighted by Gasteiger charge is -2.02. The second kappa shape index (κ2) is 5.16. The number of rotatable bonds is 1. The molecule has 15 heavy (non-hydrogen) atoms. The van der Waals surface area contributed by atoms with E-state index in [9.17, 15) is 4.79 Å². The third-order valence-electron chi connectivity index (χ3n) is 1.43. The minimum atomic E-state index is -0.455. The molecule has 1 aromatic rings. The first-order chi connectivity index (χ1) is 7.13. The first-order valence-electron chi connectivity index (χ1n) is 4.07. The second-order valence-electron chi connectivity index (χ2n) is 2.51. The third kappa shape index (κ3) is 3.43. The number of nitrogens with zero attached hydrogens (tertiary/aromatic N) is 2. The van der Waals surface area contributed by atoms with Gasteiger partial charge in [-0.25, -0.2) is 9.78 Å². The van der Waals surface area contributed by atoms with Crippen LogP contribution in [0, 0.1) is 0 Å². The molecule has 0 aliphatic carbocycles. The SMILES string of the molecule is CNC(=O)N/C(N)=N/c1ncccc1Cl. The molecule has 0 aromatic carbocycles. The van der Waals surface area contributed by atoms with E-state index in [2.05, 4.69) is 20.6 Å². The zero-order chi connectivity index (χ0) is 11.3. The molecule has 6 nitrogen and oxygen atoms in total. The van der Waals surface area contributed by atoms with E-state index < -0.39 is 6.03 Å². The molecule has 4 N–H and O–H groups in total. The summed E-state index contributed by atoms with van der Waals surface area (Å²) in [6.45, 7) is 0. The Labute approximate surface area is 91.5 Å². The number of halogens is 1. The van der Waals surface area contributed by atoms with Crippen molar-refractivity contribution in [1.29, 1.82) is 0 Å². The van der Waals surface area contributed by atoms with Crippen molar-refractivity contribution in [1.82, 2.24) is 15.6 Å². The number of pyridine rings is 1. The summed E-state index contributed by atoms with van der Waals surface area (Å²) >= 11 is 5.79. The zero-order valence-corrected chi connectivity index (χ0v) is 8.75. The van der Waals surface area contributed by atoms with Crippen molar-refractivity contribution >= 4 is 29.4 Å². The highest BCUT2D eigenvalue weighted by atomic mass is 35.5. The average Bonchev–Trinajstić information content (AvgIpc) is 2.21. The maximum atomic E-state index is 10.9. The molecule has 0 saturated heterocycles. The predicted octanol–water partition coefficient (Wildman–Crippen LogP) is 0.610. The van der Waals surface area contributed by atoms with Crippen LogP contribution in [-0.4, -0.2) is 24.0 Å². The molecule has 80 valence electrons. The Morgan fingerprint density at radius 3 is 3.00 bits per heavy atom. The van der Waals surface area contributed by atoms with Crippen LogP contribution in [0.1, 0.15) is 0 Å². The van der Waals surface area contributed by atoms with Crippen LogP contribution in [0.3, 0.4) is 0 Å². The van der Waals surface area contributed by atoms with Crippen LogP contribution >= 0.6 is 11.6 Å². The number of aromatic nitrogens is 1. The maximum absolute atomic E-state index is 10.9. The lowest BCUT2D eigenvalue weighted by Crippen LogP contribution is -2.41. The summed E-state index contributed by atoms with van der Waals surface area (Å²) < 4.78 is 0. The standard InChI is InChI=1S/C8H10ClN5O/c1-11-8(15)14-7(10)13-6-5(9)3-2-4-12-6/h2-4H,1H3,(H4,10,11,12,13,14,15). The van der Waals surface area contributed by atoms with Crippen molar-refractivity contribution in [3.8, 4) is 0 Å². The van der Waals surface area contributed by atoms with E-state index in [0.717, 1.165) is 0 Å². The van der Waals surface area contributed by atoms with Crippen molar-refractivity contribution in [2.75, 3.05) is 7.05 Å². The van der Waals surface area contributed by atoms with Gasteiger partial charge in [0.15, 0.2) is 5.82 Å². The minimum absolute atomic E-state index is 0.0741. The number of aliphatic imine (C=N–C) groups is 1. The van der Waals surface area contributed by atoms with Gasteiger partial charge in [-0.3, -0.25) is 5.32 Å². The van der Waals surface area contributed by atoms with Crippen molar-refractivity contribution in [3.05, 3.63) is 23.4 Å². The number of carbonyl (C=O) groups is 1. The van der Waals surface area contributed by atoms with Crippen LogP contribution in [0.2, 0.25) is 5.02 Å². The summed E-state index contributed by atoms with van der Waals surface area (Å²) in [5.74, 6) is 0.183. The summed E-state index contributed by atoms with van der Waals surface area (Å²) in [5.41, 5.74) is 5.43. The number of nitrogens with one attached hydrogen (secondary N) is 2. The third-order valence-corrected chi connectivity index (χ3v) is 1.73. The molecule has 0 aliphatic rings. The van der Waals surface area contributed by atoms with Crippen LogP contribution < -0.4 is 16.4 Å². The van der Waals surface area contributed by atoms with Crippen molar-refractivity contribution < 1.29 is 4.79 Å². The molecule has 1 aromatic heterocycles. The molecule has 1 rings (SSSR count). The van der Waals surface area contributed by atoms with Gasteiger partial charge in [0, 0.05) is 13.2 Å². The van der Waals surface area contributed by atoms with Gasteiger partial charge in [0.2, 0.25) is 5.96 Å². The molecule has 2 amide bonds. The number of guanidine groups is 1. The Hall–Kier alpha value is -1.82. The van der Waals surface area contributed by atoms with Gasteiger partial charge in [-0.05, 0) is 12.1 Å². The van der Waals surface area contributed by atoms with E-state index in [4.69, 9.17) is 17.3 Å². The molecule has 1 heterocycles. The minimum Gasteiger partial charge on any atom is -0.369 e. The van der Waals surface area contributed by atoms with E-state index in [1.54, 1.807) is 12.1 Å². The van der Waals surface area contributed by atoms with Crippen molar-refractivity contribution in [3.63, 3.8) is 0 Å². The summed E-state index contributed by atoms with van der Waals surface area (Å²) in [4.78, 5) is 18.6. The van der Waals surface area contributed by atoms with Gasteiger partial charge >= 0.3 is 6.03 Å². The largest absolute Gasteiger partial charge is 0.369 e. The molecule has 0 spiro atoms. The Balaban J connectivity index is 2.79. The van der Waals surface area contributed by atoms with Crippen LogP contribution in [0.25, 0.3) is 0 Å². The summed E-state index contributed by atoms with van der Waals surface area (Å²) in [7, 11) is 1.47. The van der Waals surface area contributed by atoms with Crippen molar-refractivity contribution in [2.24, 2.45) is 10.7 Å². The molecule has 0 fully saturated rings. The predicted molar refractivity (Wildman–Crippen MR) is 58.1 cm³/mol. The molecular formula is C8H10ClN5O. The average molecular weight is 228 g/mol. The van der Waals surface area contributed by atoms with E-state index in [-0.39, 0.29) is 11.8 Å². The van der Waals surface area contributed by atoms with Gasteiger partial charge in [-0.1, -0.05) is 11.6 Å². The highest BCUT2D eigenvalue weighted by Crippen LogP contribution is 2.19. The number of amides is 2. The molecule has 0 unspecified atom stereocenters. The topological polar surface area (TPSA) is 92.4 Å². The fourth-order valence-corrected chi connectivity index (χ4v) is 0.944. The first-order valence-corrected chi connectivity index (χ1v) is 4.44. The smallest absolute Gasteiger partial charge is 0.321 e. The van der Waals surface area contributed by atoms with Gasteiger partial charge in [0.05, 0.1) is 5.02 Å². The molecule has 0 atom stereocenters. The van der Waals surface area contributed by atoms with Gasteiger partial charge in [-0.2, -0.15) is 4.99 Å². The lowest BCUT2D eigenvalue weighted by atomic mass is 10.5. The highest BCUT2D eigenvalue weighted by Gasteiger charge is 2.02. The van der Waals surface area contributed by atoms with E-state index in [1.165, 1.54) is 13.2 Å². The Bertz CT molecular complexity index is 392. The molecule has 0 bridgehead atoms. The first kappa shape index (κ1) is 11.3. The second-order valence-corrected chi connectivity index (χ2v) is 2.92. The molecule has 0 radical (unpaired) electrons. The Morgan fingerprint density at radius 1 is 1.67 bits per heavy atom. The van der Waals surface area contributed by atoms with Gasteiger partial charge in [0.1, 0.15) is 0 Å². The van der Waals surface area contributed by atoms with Crippen molar-refractivity contribution in [2.45, 2.75) is 0 Å². The fraction of sp³-hybridized carbons (Fsp3) is 0.125. The van der Waals surface area contributed by atoms with Crippen LogP contribution in [0.4, 0.5) is 10.6 Å². The molecule has 7 heteroatoms. The van der Waals surface area contributed by atoms with E-state index >= 15 is 0 Å². The van der Waals surface area contributed by atoms with E-state index in [1.807, 2.05) is 0 Å². The van der Waals surface area contributed by atoms with Crippen LogP contribution in [-0.2, 0) is 0 Å². The zero-order valence-electron chi connectivity index (χ0n) is 7.99. The van der Waals surface area contributed by atoms with Gasteiger partial charge in [-0.15, -0.1) is 0 Å². The molecule has 0 aliphatic heterocycles. The van der Waals surface area contributed by atoms with Crippen LogP contribution in [0.15, 0.2) is 23.3 Å². The fourth-order valence-electron chi connectivity index (χ4n) is 0.780. The number of carbonyl (C=O) groups excluding carboxylic acids is 1. The maximum Gasteiger partial charge on any atom is 0.321 e. The highest BCUT2D eigenvalue weighted by molar-refractivity contribution is 6.32. The normalized spacial score (nSPS) is 10.9. The summed E-state index contributed by atoms with van der Waals surface area (Å²) in [5, 5.41) is 4.98. The summed E-state index contributed by atoms with van der Waals surface area (Å²) in [6.07, 6.45) is 1.53. The van der Waals surface area contributed by atoms with Gasteiger partial charge < -0.3 is 11.1 Å². The molecule has 0 saturated carbocycles. The lowest BCUT2D eigenvalue weighted by molar-refractivity contribution is 0.247. The summed E-state index contributed by atoms with van der Waals surface area (Å²) in [6, 6.07) is 2.84.